The third-order valence-corrected chi connectivity index (χ3v) is 6.90. The van der Waals surface area contributed by atoms with Crippen LogP contribution < -0.4 is 0 Å². The highest BCUT2D eigenvalue weighted by Gasteiger charge is 2.20. The standard InChI is InChI=1S/C36H29NO6/c38-34(39)32-18-26(16-30(20-32)28-12-6-2-7-13-28)22-37(36(42)43-24-25-10-4-1-5-11-25)23-27-17-31(21-33(19-27)35(40)41)29-14-8-3-9-15-29/h1-21H,22-24H2,(H,38,39)(H,40,41). The Morgan fingerprint density at radius 3 is 1.35 bits per heavy atom. The van der Waals surface area contributed by atoms with E-state index in [1.165, 1.54) is 17.0 Å². The van der Waals surface area contributed by atoms with Crippen LogP contribution in [0.3, 0.4) is 0 Å². The maximum atomic E-state index is 13.5. The molecule has 0 radical (unpaired) electrons. The van der Waals surface area contributed by atoms with Gasteiger partial charge < -0.3 is 14.9 Å². The number of hydrogen-bond acceptors (Lipinski definition) is 4. The summed E-state index contributed by atoms with van der Waals surface area (Å²) < 4.78 is 5.67. The number of aromatic carboxylic acids is 2. The average molecular weight is 572 g/mol. The first-order valence-corrected chi connectivity index (χ1v) is 13.7. The van der Waals surface area contributed by atoms with Crippen molar-refractivity contribution in [3.8, 4) is 22.3 Å². The molecule has 0 aromatic heterocycles. The van der Waals surface area contributed by atoms with Gasteiger partial charge in [-0.15, -0.1) is 0 Å². The normalized spacial score (nSPS) is 10.6. The number of nitrogens with zero attached hydrogens (tertiary/aromatic N) is 1. The zero-order valence-corrected chi connectivity index (χ0v) is 23.2. The molecule has 0 bridgehead atoms. The molecule has 5 aromatic carbocycles. The Hall–Kier alpha value is -5.69. The summed E-state index contributed by atoms with van der Waals surface area (Å²) in [5, 5.41) is 19.7. The van der Waals surface area contributed by atoms with Gasteiger partial charge in [0.2, 0.25) is 0 Å². The summed E-state index contributed by atoms with van der Waals surface area (Å²) in [4.78, 5) is 39.0. The zero-order chi connectivity index (χ0) is 30.2. The summed E-state index contributed by atoms with van der Waals surface area (Å²) >= 11 is 0. The van der Waals surface area contributed by atoms with E-state index in [1.807, 2.05) is 103 Å². The average Bonchev–Trinajstić information content (AvgIpc) is 3.04. The van der Waals surface area contributed by atoms with E-state index >= 15 is 0 Å². The molecule has 7 nitrogen and oxygen atoms in total. The minimum absolute atomic E-state index is 0.0343. The first-order chi connectivity index (χ1) is 20.9. The lowest BCUT2D eigenvalue weighted by atomic mass is 9.98. The minimum atomic E-state index is -1.08. The van der Waals surface area contributed by atoms with E-state index in [-0.39, 0.29) is 30.8 Å². The molecule has 2 N–H and O–H groups in total. The monoisotopic (exact) mass is 571 g/mol. The lowest BCUT2D eigenvalue weighted by molar-refractivity contribution is 0.0686. The summed E-state index contributed by atoms with van der Waals surface area (Å²) in [7, 11) is 0. The smallest absolute Gasteiger partial charge is 0.410 e. The van der Waals surface area contributed by atoms with E-state index in [0.717, 1.165) is 16.7 Å². The molecule has 0 unspecified atom stereocenters. The van der Waals surface area contributed by atoms with E-state index in [1.54, 1.807) is 12.1 Å². The van der Waals surface area contributed by atoms with Gasteiger partial charge in [0.25, 0.3) is 0 Å². The molecule has 0 heterocycles. The number of hydrogen-bond donors (Lipinski definition) is 2. The van der Waals surface area contributed by atoms with Crippen molar-refractivity contribution in [2.75, 3.05) is 0 Å². The molecule has 5 rings (SSSR count). The second kappa shape index (κ2) is 13.3. The molecule has 43 heavy (non-hydrogen) atoms. The predicted molar refractivity (Wildman–Crippen MR) is 164 cm³/mol. The molecule has 0 atom stereocenters. The van der Waals surface area contributed by atoms with Crippen LogP contribution in [0.1, 0.15) is 37.4 Å². The second-order valence-electron chi connectivity index (χ2n) is 10.1. The number of rotatable bonds is 10. The van der Waals surface area contributed by atoms with Crippen molar-refractivity contribution in [2.45, 2.75) is 19.7 Å². The van der Waals surface area contributed by atoms with Crippen LogP contribution in [0, 0.1) is 0 Å². The lowest BCUT2D eigenvalue weighted by Crippen LogP contribution is -2.31. The topological polar surface area (TPSA) is 104 Å². The third kappa shape index (κ3) is 7.54. The fourth-order valence-corrected chi connectivity index (χ4v) is 4.84. The van der Waals surface area contributed by atoms with Gasteiger partial charge in [-0.1, -0.05) is 91.0 Å². The number of ether oxygens (including phenoxy) is 1. The fraction of sp³-hybridized carbons (Fsp3) is 0.0833. The molecule has 0 saturated carbocycles. The van der Waals surface area contributed by atoms with Gasteiger partial charge in [0.1, 0.15) is 6.61 Å². The van der Waals surface area contributed by atoms with Gasteiger partial charge in [-0.25, -0.2) is 14.4 Å². The van der Waals surface area contributed by atoms with Crippen molar-refractivity contribution in [1.82, 2.24) is 4.90 Å². The van der Waals surface area contributed by atoms with Crippen LogP contribution in [0.4, 0.5) is 4.79 Å². The van der Waals surface area contributed by atoms with Gasteiger partial charge in [-0.05, 0) is 75.3 Å². The van der Waals surface area contributed by atoms with Gasteiger partial charge in [0.15, 0.2) is 0 Å². The Labute approximate surface area is 249 Å². The quantitative estimate of drug-likeness (QED) is 0.178. The van der Waals surface area contributed by atoms with E-state index in [2.05, 4.69) is 0 Å². The van der Waals surface area contributed by atoms with Gasteiger partial charge in [0.05, 0.1) is 11.1 Å². The van der Waals surface area contributed by atoms with Crippen molar-refractivity contribution in [1.29, 1.82) is 0 Å². The van der Waals surface area contributed by atoms with Crippen molar-refractivity contribution in [2.24, 2.45) is 0 Å². The molecular weight excluding hydrogens is 542 g/mol. The molecule has 1 amide bonds. The van der Waals surface area contributed by atoms with Crippen molar-refractivity contribution in [3.63, 3.8) is 0 Å². The number of carboxylic acid groups (broad SMARTS) is 2. The summed E-state index contributed by atoms with van der Waals surface area (Å²) in [6.45, 7) is 0.115. The molecule has 0 aliphatic carbocycles. The number of benzene rings is 5. The molecule has 5 aromatic rings. The molecule has 0 spiro atoms. The van der Waals surface area contributed by atoms with Crippen molar-refractivity contribution < 1.29 is 29.3 Å². The first-order valence-electron chi connectivity index (χ1n) is 13.7. The Bertz CT molecular complexity index is 1630. The summed E-state index contributed by atoms with van der Waals surface area (Å²) in [6, 6.07) is 38.0. The van der Waals surface area contributed by atoms with Crippen LogP contribution in [-0.4, -0.2) is 33.1 Å². The third-order valence-electron chi connectivity index (χ3n) is 6.90. The van der Waals surface area contributed by atoms with Crippen LogP contribution in [-0.2, 0) is 24.4 Å². The van der Waals surface area contributed by atoms with Gasteiger partial charge >= 0.3 is 18.0 Å². The van der Waals surface area contributed by atoms with Crippen LogP contribution in [0.2, 0.25) is 0 Å². The maximum Gasteiger partial charge on any atom is 0.410 e. The summed E-state index contributed by atoms with van der Waals surface area (Å²) in [6.07, 6.45) is -0.618. The molecular formula is C36H29NO6. The van der Waals surface area contributed by atoms with E-state index in [4.69, 9.17) is 4.74 Å². The Morgan fingerprint density at radius 2 is 0.930 bits per heavy atom. The van der Waals surface area contributed by atoms with Crippen molar-refractivity contribution in [3.05, 3.63) is 155 Å². The fourth-order valence-electron chi connectivity index (χ4n) is 4.84. The number of amides is 1. The molecule has 7 heteroatoms. The molecule has 0 aliphatic rings. The lowest BCUT2D eigenvalue weighted by Gasteiger charge is -2.24. The number of carbonyl (C=O) groups excluding carboxylic acids is 1. The van der Waals surface area contributed by atoms with Crippen molar-refractivity contribution >= 4 is 18.0 Å². The largest absolute Gasteiger partial charge is 0.478 e. The van der Waals surface area contributed by atoms with E-state index in [9.17, 15) is 24.6 Å². The SMILES string of the molecule is O=C(O)c1cc(CN(Cc2cc(C(=O)O)cc(-c3ccccc3)c2)C(=O)OCc2ccccc2)cc(-c2ccccc2)c1. The van der Waals surface area contributed by atoms with Gasteiger partial charge in [-0.2, -0.15) is 0 Å². The Balaban J connectivity index is 1.51. The summed E-state index contributed by atoms with van der Waals surface area (Å²) in [5.41, 5.74) is 5.26. The van der Waals surface area contributed by atoms with Crippen LogP contribution in [0.5, 0.6) is 0 Å². The van der Waals surface area contributed by atoms with Crippen LogP contribution in [0.25, 0.3) is 22.3 Å². The van der Waals surface area contributed by atoms with E-state index < -0.39 is 18.0 Å². The molecule has 0 saturated heterocycles. The van der Waals surface area contributed by atoms with Gasteiger partial charge in [0, 0.05) is 13.1 Å². The summed E-state index contributed by atoms with van der Waals surface area (Å²) in [5.74, 6) is -2.17. The minimum Gasteiger partial charge on any atom is -0.478 e. The van der Waals surface area contributed by atoms with E-state index in [0.29, 0.717) is 22.3 Å². The first kappa shape index (κ1) is 28.8. The number of carbonyl (C=O) groups is 3. The van der Waals surface area contributed by atoms with Crippen LogP contribution >= 0.6 is 0 Å². The molecule has 0 fully saturated rings. The highest BCUT2D eigenvalue weighted by Crippen LogP contribution is 2.26. The molecule has 214 valence electrons. The number of carboxylic acids is 2. The highest BCUT2D eigenvalue weighted by molar-refractivity contribution is 5.90. The second-order valence-corrected chi connectivity index (χ2v) is 10.1. The van der Waals surface area contributed by atoms with Gasteiger partial charge in [-0.3, -0.25) is 4.90 Å². The highest BCUT2D eigenvalue weighted by atomic mass is 16.6. The molecule has 0 aliphatic heterocycles. The zero-order valence-electron chi connectivity index (χ0n) is 23.2. The maximum absolute atomic E-state index is 13.5. The van der Waals surface area contributed by atoms with Crippen LogP contribution in [0.15, 0.2) is 127 Å². The Kier molecular flexibility index (Phi) is 8.93. The Morgan fingerprint density at radius 1 is 0.512 bits per heavy atom. The predicted octanol–water partition coefficient (Wildman–Crippen LogP) is 7.76.